The van der Waals surface area contributed by atoms with Crippen molar-refractivity contribution in [1.82, 2.24) is 19.4 Å². The first-order chi connectivity index (χ1) is 8.40. The molecule has 0 saturated heterocycles. The van der Waals surface area contributed by atoms with E-state index in [9.17, 15) is 4.79 Å². The van der Waals surface area contributed by atoms with Crippen LogP contribution in [0.5, 0.6) is 0 Å². The molecule has 7 heteroatoms. The van der Waals surface area contributed by atoms with Crippen LogP contribution >= 0.6 is 11.6 Å². The molecule has 6 nitrogen and oxygen atoms in total. The number of rotatable bonds is 7. The highest BCUT2D eigenvalue weighted by atomic mass is 35.5. The summed E-state index contributed by atoms with van der Waals surface area (Å²) in [6.07, 6.45) is 1.57. The van der Waals surface area contributed by atoms with Gasteiger partial charge in [-0.25, -0.2) is 4.98 Å². The molecule has 0 atom stereocenters. The normalized spacial score (nSPS) is 11.4. The predicted molar refractivity (Wildman–Crippen MR) is 69.7 cm³/mol. The van der Waals surface area contributed by atoms with E-state index in [4.69, 9.17) is 16.7 Å². The van der Waals surface area contributed by atoms with Gasteiger partial charge in [0.15, 0.2) is 0 Å². The Kier molecular flexibility index (Phi) is 5.58. The van der Waals surface area contributed by atoms with Crippen molar-refractivity contribution in [3.8, 4) is 0 Å². The van der Waals surface area contributed by atoms with E-state index < -0.39 is 5.97 Å². The number of imidazole rings is 1. The zero-order valence-corrected chi connectivity index (χ0v) is 11.7. The van der Waals surface area contributed by atoms with E-state index >= 15 is 0 Å². The second-order valence-electron chi connectivity index (χ2n) is 4.46. The highest BCUT2D eigenvalue weighted by molar-refractivity contribution is 6.29. The first-order valence-corrected chi connectivity index (χ1v) is 6.03. The van der Waals surface area contributed by atoms with E-state index in [1.54, 1.807) is 10.8 Å². The molecule has 1 aromatic heterocycles. The van der Waals surface area contributed by atoms with Crippen LogP contribution in [-0.2, 0) is 18.4 Å². The number of carbonyl (C=O) groups is 1. The summed E-state index contributed by atoms with van der Waals surface area (Å²) < 4.78 is 1.76. The molecular weight excluding hydrogens is 256 g/mol. The van der Waals surface area contributed by atoms with Crippen molar-refractivity contribution in [1.29, 1.82) is 0 Å². The summed E-state index contributed by atoms with van der Waals surface area (Å²) in [7, 11) is 5.72. The van der Waals surface area contributed by atoms with E-state index in [2.05, 4.69) is 4.98 Å². The lowest BCUT2D eigenvalue weighted by Gasteiger charge is -2.21. The Bertz CT molecular complexity index is 406. The highest BCUT2D eigenvalue weighted by Crippen LogP contribution is 2.10. The summed E-state index contributed by atoms with van der Waals surface area (Å²) in [5.74, 6) is -0.0749. The predicted octanol–water partition coefficient (Wildman–Crippen LogP) is 0.522. The van der Waals surface area contributed by atoms with Crippen LogP contribution in [-0.4, -0.2) is 64.2 Å². The molecule has 0 radical (unpaired) electrons. The minimum atomic E-state index is -0.839. The Balaban J connectivity index is 2.65. The number of hydrogen-bond acceptors (Lipinski definition) is 4. The molecule has 0 bridgehead atoms. The molecule has 0 amide bonds. The Morgan fingerprint density at radius 3 is 2.61 bits per heavy atom. The van der Waals surface area contributed by atoms with Crippen LogP contribution in [0.4, 0.5) is 0 Å². The molecule has 0 saturated carbocycles. The molecule has 1 N–H and O–H groups in total. The molecule has 102 valence electrons. The lowest BCUT2D eigenvalue weighted by Crippen LogP contribution is -2.35. The van der Waals surface area contributed by atoms with Gasteiger partial charge in [-0.05, 0) is 14.1 Å². The van der Waals surface area contributed by atoms with Gasteiger partial charge in [-0.1, -0.05) is 11.6 Å². The van der Waals surface area contributed by atoms with Crippen molar-refractivity contribution in [3.05, 3.63) is 17.2 Å². The molecule has 18 heavy (non-hydrogen) atoms. The highest BCUT2D eigenvalue weighted by Gasteiger charge is 2.14. The molecular formula is C11H19ClN4O2. The zero-order chi connectivity index (χ0) is 13.7. The monoisotopic (exact) mass is 274 g/mol. The molecule has 0 aliphatic heterocycles. The van der Waals surface area contributed by atoms with Gasteiger partial charge in [0.1, 0.15) is 11.0 Å². The number of hydrogen-bond donors (Lipinski definition) is 1. The minimum Gasteiger partial charge on any atom is -0.480 e. The molecule has 1 rings (SSSR count). The second-order valence-corrected chi connectivity index (χ2v) is 4.85. The molecule has 0 spiro atoms. The Labute approximate surface area is 112 Å². The summed E-state index contributed by atoms with van der Waals surface area (Å²) in [5, 5.41) is 9.44. The topological polar surface area (TPSA) is 61.6 Å². The fraction of sp³-hybridized carbons (Fsp3) is 0.636. The third-order valence-corrected chi connectivity index (χ3v) is 2.97. The summed E-state index contributed by atoms with van der Waals surface area (Å²) in [5.41, 5.74) is 0. The maximum absolute atomic E-state index is 10.8. The van der Waals surface area contributed by atoms with Crippen LogP contribution in [0.25, 0.3) is 0 Å². The van der Waals surface area contributed by atoms with Crippen molar-refractivity contribution in [2.75, 3.05) is 33.7 Å². The number of carboxylic acid groups (broad SMARTS) is 1. The van der Waals surface area contributed by atoms with Crippen molar-refractivity contribution < 1.29 is 9.90 Å². The summed E-state index contributed by atoms with van der Waals surface area (Å²) in [4.78, 5) is 18.8. The van der Waals surface area contributed by atoms with Gasteiger partial charge >= 0.3 is 5.97 Å². The second kappa shape index (κ2) is 6.72. The number of aliphatic carboxylic acids is 1. The lowest BCUT2D eigenvalue weighted by atomic mass is 10.4. The molecule has 0 aliphatic carbocycles. The van der Waals surface area contributed by atoms with E-state index in [1.807, 2.05) is 30.9 Å². The average Bonchev–Trinajstić information content (AvgIpc) is 2.57. The summed E-state index contributed by atoms with van der Waals surface area (Å²) >= 11 is 5.90. The van der Waals surface area contributed by atoms with Gasteiger partial charge in [-0.15, -0.1) is 0 Å². The van der Waals surface area contributed by atoms with Gasteiger partial charge in [-0.2, -0.15) is 0 Å². The average molecular weight is 275 g/mol. The molecule has 0 fully saturated rings. The van der Waals surface area contributed by atoms with Crippen LogP contribution in [0.15, 0.2) is 6.20 Å². The van der Waals surface area contributed by atoms with Crippen LogP contribution in [0, 0.1) is 0 Å². The Hall–Kier alpha value is -1.11. The SMILES string of the molecule is CN(C)CCN(CC(=O)O)Cc1ncc(Cl)n1C. The third kappa shape index (κ3) is 4.64. The Morgan fingerprint density at radius 1 is 1.50 bits per heavy atom. The van der Waals surface area contributed by atoms with Gasteiger partial charge in [0.25, 0.3) is 0 Å². The maximum atomic E-state index is 10.8. The minimum absolute atomic E-state index is 0.00167. The first-order valence-electron chi connectivity index (χ1n) is 5.65. The number of likely N-dealkylation sites (N-methyl/N-ethyl adjacent to an activating group) is 1. The maximum Gasteiger partial charge on any atom is 0.317 e. The van der Waals surface area contributed by atoms with Gasteiger partial charge in [0, 0.05) is 20.1 Å². The molecule has 0 aromatic carbocycles. The molecule has 0 aliphatic rings. The van der Waals surface area contributed by atoms with Crippen LogP contribution in [0.1, 0.15) is 5.82 Å². The summed E-state index contributed by atoms with van der Waals surface area (Å²) in [6, 6.07) is 0. The Morgan fingerprint density at radius 2 is 2.17 bits per heavy atom. The van der Waals surface area contributed by atoms with Crippen molar-refractivity contribution in [2.24, 2.45) is 7.05 Å². The van der Waals surface area contributed by atoms with Crippen LogP contribution in [0.2, 0.25) is 5.15 Å². The fourth-order valence-corrected chi connectivity index (χ4v) is 1.66. The molecule has 1 heterocycles. The van der Waals surface area contributed by atoms with E-state index in [0.717, 1.165) is 12.4 Å². The smallest absolute Gasteiger partial charge is 0.317 e. The number of nitrogens with zero attached hydrogens (tertiary/aromatic N) is 4. The largest absolute Gasteiger partial charge is 0.480 e. The third-order valence-electron chi connectivity index (χ3n) is 2.62. The fourth-order valence-electron chi connectivity index (χ4n) is 1.52. The van der Waals surface area contributed by atoms with Gasteiger partial charge in [0.2, 0.25) is 0 Å². The number of carboxylic acids is 1. The van der Waals surface area contributed by atoms with Crippen LogP contribution in [0.3, 0.4) is 0 Å². The molecule has 0 unspecified atom stereocenters. The van der Waals surface area contributed by atoms with Crippen LogP contribution < -0.4 is 0 Å². The quantitative estimate of drug-likeness (QED) is 0.786. The first kappa shape index (κ1) is 14.9. The van der Waals surface area contributed by atoms with E-state index in [1.165, 1.54) is 0 Å². The molecule has 1 aromatic rings. The van der Waals surface area contributed by atoms with Gasteiger partial charge in [0.05, 0.1) is 19.3 Å². The van der Waals surface area contributed by atoms with Crippen molar-refractivity contribution >= 4 is 17.6 Å². The van der Waals surface area contributed by atoms with Crippen molar-refractivity contribution in [3.63, 3.8) is 0 Å². The van der Waals surface area contributed by atoms with Gasteiger partial charge in [-0.3, -0.25) is 9.69 Å². The van der Waals surface area contributed by atoms with E-state index in [0.29, 0.717) is 18.2 Å². The number of halogens is 1. The summed E-state index contributed by atoms with van der Waals surface area (Å²) in [6.45, 7) is 1.94. The van der Waals surface area contributed by atoms with E-state index in [-0.39, 0.29) is 6.54 Å². The standard InChI is InChI=1S/C11H19ClN4O2/c1-14(2)4-5-16(8-11(17)18)7-10-13-6-9(12)15(10)3/h6H,4-5,7-8H2,1-3H3,(H,17,18). The van der Waals surface area contributed by atoms with Gasteiger partial charge < -0.3 is 14.6 Å². The zero-order valence-electron chi connectivity index (χ0n) is 10.9. The number of aromatic nitrogens is 2. The lowest BCUT2D eigenvalue weighted by molar-refractivity contribution is -0.138. The van der Waals surface area contributed by atoms with Crippen molar-refractivity contribution in [2.45, 2.75) is 6.54 Å².